The number of hydrogen-bond acceptors (Lipinski definition) is 5. The molecule has 1 aliphatic heterocycles. The van der Waals surface area contributed by atoms with Gasteiger partial charge in [-0.2, -0.15) is 0 Å². The van der Waals surface area contributed by atoms with Crippen molar-refractivity contribution in [2.75, 3.05) is 20.3 Å². The summed E-state index contributed by atoms with van der Waals surface area (Å²) < 4.78 is 15.8. The summed E-state index contributed by atoms with van der Waals surface area (Å²) in [6, 6.07) is 1.77. The van der Waals surface area contributed by atoms with Gasteiger partial charge in [-0.1, -0.05) is 0 Å². The van der Waals surface area contributed by atoms with Crippen LogP contribution in [0.1, 0.15) is 17.4 Å². The molecule has 1 saturated heterocycles. The molecule has 0 aromatic carbocycles. The smallest absolute Gasteiger partial charge is 0.219 e. The second-order valence-corrected chi connectivity index (χ2v) is 3.12. The van der Waals surface area contributed by atoms with Crippen LogP contribution in [0, 0.1) is 0 Å². The van der Waals surface area contributed by atoms with Crippen LogP contribution in [0.25, 0.3) is 0 Å². The van der Waals surface area contributed by atoms with Crippen LogP contribution in [-0.2, 0) is 16.1 Å². The molecule has 0 saturated carbocycles. The lowest BCUT2D eigenvalue weighted by Gasteiger charge is -2.14. The van der Waals surface area contributed by atoms with Gasteiger partial charge in [0.25, 0.3) is 0 Å². The van der Waals surface area contributed by atoms with E-state index in [-0.39, 0.29) is 6.61 Å². The molecule has 2 heterocycles. The average Bonchev–Trinajstić information content (AvgIpc) is 2.81. The van der Waals surface area contributed by atoms with Gasteiger partial charge in [0.2, 0.25) is 5.88 Å². The van der Waals surface area contributed by atoms with Crippen LogP contribution >= 0.6 is 0 Å². The average molecular weight is 211 g/mol. The van der Waals surface area contributed by atoms with Gasteiger partial charge in [-0.25, -0.2) is 4.98 Å². The molecule has 2 rings (SSSR count). The molecule has 15 heavy (non-hydrogen) atoms. The Kier molecular flexibility index (Phi) is 3.15. The molecule has 1 N–H and O–H groups in total. The van der Waals surface area contributed by atoms with E-state index in [0.717, 1.165) is 5.56 Å². The van der Waals surface area contributed by atoms with Crippen molar-refractivity contribution >= 4 is 0 Å². The van der Waals surface area contributed by atoms with E-state index in [4.69, 9.17) is 14.2 Å². The minimum absolute atomic E-state index is 0.143. The van der Waals surface area contributed by atoms with E-state index in [0.29, 0.717) is 24.7 Å². The van der Waals surface area contributed by atoms with E-state index >= 15 is 0 Å². The van der Waals surface area contributed by atoms with Gasteiger partial charge in [-0.15, -0.1) is 0 Å². The molecule has 1 aliphatic rings. The Morgan fingerprint density at radius 1 is 1.53 bits per heavy atom. The zero-order valence-electron chi connectivity index (χ0n) is 8.47. The summed E-state index contributed by atoms with van der Waals surface area (Å²) >= 11 is 0. The maximum Gasteiger partial charge on any atom is 0.219 e. The quantitative estimate of drug-likeness (QED) is 0.794. The summed E-state index contributed by atoms with van der Waals surface area (Å²) in [7, 11) is 1.52. The molecule has 0 spiro atoms. The highest BCUT2D eigenvalue weighted by molar-refractivity contribution is 5.34. The molecule has 0 unspecified atom stereocenters. The first-order valence-electron chi connectivity index (χ1n) is 4.72. The van der Waals surface area contributed by atoms with E-state index < -0.39 is 6.29 Å². The molecule has 0 aliphatic carbocycles. The molecule has 0 radical (unpaired) electrons. The zero-order valence-corrected chi connectivity index (χ0v) is 8.47. The minimum atomic E-state index is -0.413. The summed E-state index contributed by atoms with van der Waals surface area (Å²) in [5, 5.41) is 9.26. The Balaban J connectivity index is 2.36. The van der Waals surface area contributed by atoms with Crippen molar-refractivity contribution in [1.82, 2.24) is 4.98 Å². The topological polar surface area (TPSA) is 60.8 Å². The van der Waals surface area contributed by atoms with Gasteiger partial charge in [-0.3, -0.25) is 0 Å². The molecule has 1 aromatic heterocycles. The zero-order chi connectivity index (χ0) is 10.7. The van der Waals surface area contributed by atoms with E-state index in [2.05, 4.69) is 4.98 Å². The predicted octanol–water partition coefficient (Wildman–Crippen LogP) is 0.628. The monoisotopic (exact) mass is 211 g/mol. The van der Waals surface area contributed by atoms with Gasteiger partial charge in [0, 0.05) is 17.3 Å². The first-order valence-corrected chi connectivity index (χ1v) is 4.72. The van der Waals surface area contributed by atoms with Gasteiger partial charge >= 0.3 is 0 Å². The summed E-state index contributed by atoms with van der Waals surface area (Å²) in [6.07, 6.45) is 1.20. The highest BCUT2D eigenvalue weighted by atomic mass is 16.7. The van der Waals surface area contributed by atoms with Crippen molar-refractivity contribution in [1.29, 1.82) is 0 Å². The van der Waals surface area contributed by atoms with Crippen molar-refractivity contribution in [2.45, 2.75) is 12.9 Å². The van der Waals surface area contributed by atoms with Gasteiger partial charge in [0.1, 0.15) is 0 Å². The highest BCUT2D eigenvalue weighted by Gasteiger charge is 2.23. The molecule has 0 amide bonds. The van der Waals surface area contributed by atoms with Gasteiger partial charge in [0.05, 0.1) is 26.9 Å². The van der Waals surface area contributed by atoms with Gasteiger partial charge in [-0.05, 0) is 6.07 Å². The molecular formula is C10H13NO4. The van der Waals surface area contributed by atoms with Crippen molar-refractivity contribution in [2.24, 2.45) is 0 Å². The summed E-state index contributed by atoms with van der Waals surface area (Å²) in [4.78, 5) is 4.01. The van der Waals surface area contributed by atoms with E-state index in [1.54, 1.807) is 12.3 Å². The summed E-state index contributed by atoms with van der Waals surface area (Å²) in [6.45, 7) is 0.996. The lowest BCUT2D eigenvalue weighted by atomic mass is 10.1. The van der Waals surface area contributed by atoms with Crippen molar-refractivity contribution in [3.63, 3.8) is 0 Å². The van der Waals surface area contributed by atoms with Crippen LogP contribution in [-0.4, -0.2) is 30.4 Å². The van der Waals surface area contributed by atoms with Gasteiger partial charge < -0.3 is 19.3 Å². The second kappa shape index (κ2) is 4.57. The van der Waals surface area contributed by atoms with E-state index in [1.165, 1.54) is 7.11 Å². The maximum absolute atomic E-state index is 9.26. The largest absolute Gasteiger partial charge is 0.481 e. The predicted molar refractivity (Wildman–Crippen MR) is 51.4 cm³/mol. The van der Waals surface area contributed by atoms with Crippen LogP contribution in [0.5, 0.6) is 5.88 Å². The fourth-order valence-corrected chi connectivity index (χ4v) is 1.58. The van der Waals surface area contributed by atoms with Crippen LogP contribution in [0.2, 0.25) is 0 Å². The Morgan fingerprint density at radius 2 is 2.27 bits per heavy atom. The first kappa shape index (κ1) is 10.4. The fourth-order valence-electron chi connectivity index (χ4n) is 1.58. The summed E-state index contributed by atoms with van der Waals surface area (Å²) in [5.41, 5.74) is 1.40. The standard InChI is InChI=1S/C10H13NO4/c1-13-9-8(6-12)7(2-3-11-9)10-14-4-5-15-10/h2-3,10,12H,4-6H2,1H3. The molecule has 0 bridgehead atoms. The Hall–Kier alpha value is -1.17. The Labute approximate surface area is 87.6 Å². The normalized spacial score (nSPS) is 16.9. The van der Waals surface area contributed by atoms with Crippen LogP contribution < -0.4 is 4.74 Å². The second-order valence-electron chi connectivity index (χ2n) is 3.12. The van der Waals surface area contributed by atoms with E-state index in [9.17, 15) is 5.11 Å². The van der Waals surface area contributed by atoms with Crippen molar-refractivity contribution in [3.05, 3.63) is 23.4 Å². The van der Waals surface area contributed by atoms with Crippen LogP contribution in [0.3, 0.4) is 0 Å². The maximum atomic E-state index is 9.26. The van der Waals surface area contributed by atoms with Gasteiger partial charge in [0.15, 0.2) is 6.29 Å². The fraction of sp³-hybridized carbons (Fsp3) is 0.500. The third-order valence-electron chi connectivity index (χ3n) is 2.28. The number of rotatable bonds is 3. The number of aromatic nitrogens is 1. The summed E-state index contributed by atoms with van der Waals surface area (Å²) in [5.74, 6) is 0.411. The number of nitrogens with zero attached hydrogens (tertiary/aromatic N) is 1. The lowest BCUT2D eigenvalue weighted by molar-refractivity contribution is -0.0455. The molecule has 5 heteroatoms. The van der Waals surface area contributed by atoms with Crippen LogP contribution in [0.15, 0.2) is 12.3 Å². The Bertz CT molecular complexity index is 336. The third-order valence-corrected chi connectivity index (χ3v) is 2.28. The Morgan fingerprint density at radius 3 is 2.87 bits per heavy atom. The first-order chi connectivity index (χ1) is 7.36. The molecule has 5 nitrogen and oxygen atoms in total. The SMILES string of the molecule is COc1nccc(C2OCCO2)c1CO. The highest BCUT2D eigenvalue weighted by Crippen LogP contribution is 2.30. The van der Waals surface area contributed by atoms with Crippen molar-refractivity contribution in [3.8, 4) is 5.88 Å². The van der Waals surface area contributed by atoms with Crippen molar-refractivity contribution < 1.29 is 19.3 Å². The third kappa shape index (κ3) is 1.94. The molecule has 1 fully saturated rings. The minimum Gasteiger partial charge on any atom is -0.481 e. The molecule has 0 atom stereocenters. The number of methoxy groups -OCH3 is 1. The van der Waals surface area contributed by atoms with E-state index in [1.807, 2.05) is 0 Å². The molecule has 82 valence electrons. The number of ether oxygens (including phenoxy) is 3. The lowest BCUT2D eigenvalue weighted by Crippen LogP contribution is -2.06. The number of aliphatic hydroxyl groups is 1. The molecule has 1 aromatic rings. The number of aliphatic hydroxyl groups excluding tert-OH is 1. The number of pyridine rings is 1. The molecular weight excluding hydrogens is 198 g/mol. The van der Waals surface area contributed by atoms with Crippen LogP contribution in [0.4, 0.5) is 0 Å². The number of hydrogen-bond donors (Lipinski definition) is 1.